The van der Waals surface area contributed by atoms with Crippen molar-refractivity contribution in [2.45, 2.75) is 18.4 Å². The average molecular weight is 292 g/mol. The van der Waals surface area contributed by atoms with Crippen LogP contribution in [0.5, 0.6) is 0 Å². The number of anilines is 1. The van der Waals surface area contributed by atoms with E-state index in [-0.39, 0.29) is 12.0 Å². The Balaban J connectivity index is 1.79. The van der Waals surface area contributed by atoms with Gasteiger partial charge in [-0.05, 0) is 53.8 Å². The van der Waals surface area contributed by atoms with E-state index < -0.39 is 5.97 Å². The Labute approximate surface area is 128 Å². The number of nitrogens with zero attached hydrogens (tertiary/aromatic N) is 1. The largest absolute Gasteiger partial charge is 0.478 e. The van der Waals surface area contributed by atoms with E-state index in [0.29, 0.717) is 11.5 Å². The van der Waals surface area contributed by atoms with E-state index in [1.54, 1.807) is 12.1 Å². The van der Waals surface area contributed by atoms with Gasteiger partial charge < -0.3 is 10.4 Å². The summed E-state index contributed by atoms with van der Waals surface area (Å²) in [7, 11) is 0. The average Bonchev–Trinajstić information content (AvgIpc) is 3.04. The lowest BCUT2D eigenvalue weighted by atomic mass is 9.77. The first kappa shape index (κ1) is 13.1. The minimum Gasteiger partial charge on any atom is -0.478 e. The summed E-state index contributed by atoms with van der Waals surface area (Å²) in [5, 5.41) is 12.8. The van der Waals surface area contributed by atoms with Crippen LogP contribution >= 0.6 is 0 Å². The summed E-state index contributed by atoms with van der Waals surface area (Å²) in [6, 6.07) is 9.67. The summed E-state index contributed by atoms with van der Waals surface area (Å²) in [5.74, 6) is -0.190. The molecular formula is C18H16N2O2. The number of benzene rings is 1. The number of pyridine rings is 1. The van der Waals surface area contributed by atoms with Crippen LogP contribution in [0.1, 0.15) is 39.9 Å². The zero-order valence-electron chi connectivity index (χ0n) is 11.9. The van der Waals surface area contributed by atoms with Crippen LogP contribution in [0.4, 0.5) is 5.69 Å². The monoisotopic (exact) mass is 292 g/mol. The summed E-state index contributed by atoms with van der Waals surface area (Å²) in [6.45, 7) is 0. The van der Waals surface area contributed by atoms with Gasteiger partial charge in [-0.25, -0.2) is 4.79 Å². The Morgan fingerprint density at radius 3 is 2.82 bits per heavy atom. The molecular weight excluding hydrogens is 276 g/mol. The lowest BCUT2D eigenvalue weighted by Crippen LogP contribution is -2.29. The van der Waals surface area contributed by atoms with Gasteiger partial charge in [0.25, 0.3) is 0 Å². The minimum atomic E-state index is -0.877. The fraction of sp³-hybridized carbons (Fsp3) is 0.222. The smallest absolute Gasteiger partial charge is 0.335 e. The Morgan fingerprint density at radius 2 is 2.05 bits per heavy atom. The molecule has 1 aromatic carbocycles. The lowest BCUT2D eigenvalue weighted by molar-refractivity contribution is 0.0696. The highest BCUT2D eigenvalue weighted by atomic mass is 16.4. The van der Waals surface area contributed by atoms with Crippen LogP contribution in [0, 0.1) is 5.92 Å². The number of fused-ring (bicyclic) bond motifs is 3. The van der Waals surface area contributed by atoms with Gasteiger partial charge in [-0.2, -0.15) is 0 Å². The normalized spacial score (nSPS) is 25.2. The van der Waals surface area contributed by atoms with Gasteiger partial charge in [0.2, 0.25) is 0 Å². The quantitative estimate of drug-likeness (QED) is 0.830. The Hall–Kier alpha value is -2.62. The van der Waals surface area contributed by atoms with E-state index in [1.807, 2.05) is 30.6 Å². The van der Waals surface area contributed by atoms with Crippen molar-refractivity contribution in [2.75, 3.05) is 5.32 Å². The second-order valence-corrected chi connectivity index (χ2v) is 5.86. The van der Waals surface area contributed by atoms with Crippen LogP contribution < -0.4 is 5.32 Å². The third-order valence-electron chi connectivity index (χ3n) is 4.67. The number of carboxylic acids is 1. The predicted molar refractivity (Wildman–Crippen MR) is 84.0 cm³/mol. The molecule has 110 valence electrons. The number of hydrogen-bond donors (Lipinski definition) is 2. The molecule has 0 saturated carbocycles. The maximum atomic E-state index is 11.2. The fourth-order valence-electron chi connectivity index (χ4n) is 3.63. The van der Waals surface area contributed by atoms with E-state index in [4.69, 9.17) is 0 Å². The van der Waals surface area contributed by atoms with Gasteiger partial charge in [0, 0.05) is 24.0 Å². The first-order valence-corrected chi connectivity index (χ1v) is 7.44. The minimum absolute atomic E-state index is 0.228. The van der Waals surface area contributed by atoms with Crippen LogP contribution in [0.3, 0.4) is 0 Å². The fourth-order valence-corrected chi connectivity index (χ4v) is 3.63. The third-order valence-corrected chi connectivity index (χ3v) is 4.67. The predicted octanol–water partition coefficient (Wildman–Crippen LogP) is 3.61. The summed E-state index contributed by atoms with van der Waals surface area (Å²) in [5.41, 5.74) is 3.69. The Morgan fingerprint density at radius 1 is 1.23 bits per heavy atom. The Bertz CT molecular complexity index is 755. The molecule has 2 aliphatic rings. The molecule has 1 aromatic heterocycles. The first-order valence-electron chi connectivity index (χ1n) is 7.44. The number of aromatic nitrogens is 1. The zero-order chi connectivity index (χ0) is 15.1. The van der Waals surface area contributed by atoms with Crippen molar-refractivity contribution in [3.05, 3.63) is 71.6 Å². The highest BCUT2D eigenvalue weighted by molar-refractivity contribution is 5.89. The number of allylic oxidation sites excluding steroid dienone is 2. The summed E-state index contributed by atoms with van der Waals surface area (Å²) in [6.07, 6.45) is 9.05. The number of rotatable bonds is 2. The van der Waals surface area contributed by atoms with Crippen LogP contribution in [0.2, 0.25) is 0 Å². The van der Waals surface area contributed by atoms with Crippen molar-refractivity contribution in [3.63, 3.8) is 0 Å². The molecule has 2 heterocycles. The van der Waals surface area contributed by atoms with Gasteiger partial charge in [0.1, 0.15) is 0 Å². The maximum absolute atomic E-state index is 11.2. The highest BCUT2D eigenvalue weighted by Gasteiger charge is 2.38. The van der Waals surface area contributed by atoms with Crippen LogP contribution in [-0.2, 0) is 0 Å². The summed E-state index contributed by atoms with van der Waals surface area (Å²) in [4.78, 5) is 15.3. The van der Waals surface area contributed by atoms with Crippen molar-refractivity contribution in [2.24, 2.45) is 5.92 Å². The van der Waals surface area contributed by atoms with Crippen molar-refractivity contribution >= 4 is 11.7 Å². The van der Waals surface area contributed by atoms with Gasteiger partial charge in [-0.3, -0.25) is 4.98 Å². The van der Waals surface area contributed by atoms with Crippen LogP contribution in [0.15, 0.2) is 54.9 Å². The molecule has 1 aliphatic heterocycles. The van der Waals surface area contributed by atoms with Gasteiger partial charge >= 0.3 is 5.97 Å². The molecule has 2 unspecified atom stereocenters. The molecule has 1 aliphatic carbocycles. The van der Waals surface area contributed by atoms with E-state index in [9.17, 15) is 9.90 Å². The van der Waals surface area contributed by atoms with Gasteiger partial charge in [-0.15, -0.1) is 0 Å². The molecule has 22 heavy (non-hydrogen) atoms. The second kappa shape index (κ2) is 4.98. The highest BCUT2D eigenvalue weighted by Crippen LogP contribution is 2.49. The molecule has 0 spiro atoms. The molecule has 0 amide bonds. The number of nitrogens with one attached hydrogen (secondary N) is 1. The van der Waals surface area contributed by atoms with Crippen molar-refractivity contribution < 1.29 is 9.90 Å². The SMILES string of the molecule is O=C(O)c1ccc2c(c1)C1C=CCC1[C@@H](c1ccncc1)N2. The number of carboxylic acid groups (broad SMARTS) is 1. The van der Waals surface area contributed by atoms with Gasteiger partial charge in [0.15, 0.2) is 0 Å². The van der Waals surface area contributed by atoms with Crippen LogP contribution in [0.25, 0.3) is 0 Å². The molecule has 4 heteroatoms. The molecule has 2 N–H and O–H groups in total. The second-order valence-electron chi connectivity index (χ2n) is 5.86. The van der Waals surface area contributed by atoms with Crippen molar-refractivity contribution in [1.29, 1.82) is 0 Å². The van der Waals surface area contributed by atoms with E-state index in [1.165, 1.54) is 5.56 Å². The summed E-state index contributed by atoms with van der Waals surface area (Å²) < 4.78 is 0. The van der Waals surface area contributed by atoms with E-state index >= 15 is 0 Å². The van der Waals surface area contributed by atoms with Crippen LogP contribution in [-0.4, -0.2) is 16.1 Å². The van der Waals surface area contributed by atoms with Gasteiger partial charge in [-0.1, -0.05) is 12.2 Å². The standard InChI is InChI=1S/C18H16N2O2/c21-18(22)12-4-5-16-15(10-12)13-2-1-3-14(13)17(20-16)11-6-8-19-9-7-11/h1-2,4-10,13-14,17,20H,3H2,(H,21,22)/t13?,14?,17-/m1/s1. The third kappa shape index (κ3) is 1.99. The molecule has 4 rings (SSSR count). The van der Waals surface area contributed by atoms with Gasteiger partial charge in [0.05, 0.1) is 11.6 Å². The number of carbonyl (C=O) groups is 1. The lowest BCUT2D eigenvalue weighted by Gasteiger charge is -2.37. The topological polar surface area (TPSA) is 62.2 Å². The Kier molecular flexibility index (Phi) is 2.96. The molecule has 0 saturated heterocycles. The molecule has 3 atom stereocenters. The zero-order valence-corrected chi connectivity index (χ0v) is 11.9. The summed E-state index contributed by atoms with van der Waals surface area (Å²) >= 11 is 0. The molecule has 0 bridgehead atoms. The van der Waals surface area contributed by atoms with E-state index in [0.717, 1.165) is 17.7 Å². The maximum Gasteiger partial charge on any atom is 0.335 e. The number of hydrogen-bond acceptors (Lipinski definition) is 3. The number of aromatic carboxylic acids is 1. The molecule has 0 radical (unpaired) electrons. The molecule has 0 fully saturated rings. The van der Waals surface area contributed by atoms with E-state index in [2.05, 4.69) is 22.5 Å². The van der Waals surface area contributed by atoms with Crippen molar-refractivity contribution in [3.8, 4) is 0 Å². The van der Waals surface area contributed by atoms with Crippen molar-refractivity contribution in [1.82, 2.24) is 4.98 Å². The molecule has 2 aromatic rings. The molecule has 4 nitrogen and oxygen atoms in total. The first-order chi connectivity index (χ1) is 10.7.